The van der Waals surface area contributed by atoms with Gasteiger partial charge in [0.2, 0.25) is 0 Å². The molecule has 0 amide bonds. The Morgan fingerprint density at radius 2 is 1.00 bits per heavy atom. The molecule has 7 aromatic rings. The summed E-state index contributed by atoms with van der Waals surface area (Å²) in [5.41, 5.74) is 5.18. The van der Waals surface area contributed by atoms with Gasteiger partial charge in [0, 0.05) is 0 Å². The molecule has 0 spiro atoms. The van der Waals surface area contributed by atoms with Crippen LogP contribution in [0.2, 0.25) is 0 Å². The average Bonchev–Trinajstić information content (AvgIpc) is 3.62. The molecule has 0 aliphatic carbocycles. The van der Waals surface area contributed by atoms with E-state index in [-0.39, 0.29) is 0 Å². The van der Waals surface area contributed by atoms with Crippen molar-refractivity contribution in [1.29, 1.82) is 0 Å². The number of halogens is 1. The van der Waals surface area contributed by atoms with Gasteiger partial charge >= 0.3 is 273 Å². The van der Waals surface area contributed by atoms with Crippen LogP contribution in [0.3, 0.4) is 0 Å². The predicted octanol–water partition coefficient (Wildman–Crippen LogP) is 8.15. The van der Waals surface area contributed by atoms with Crippen LogP contribution in [-0.2, 0) is 6.16 Å². The Morgan fingerprint density at radius 3 is 1.46 bits per heavy atom. The summed E-state index contributed by atoms with van der Waals surface area (Å²) in [4.78, 5) is 5.44. The summed E-state index contributed by atoms with van der Waals surface area (Å²) in [6, 6.07) is 46.8. The van der Waals surface area contributed by atoms with Crippen LogP contribution in [0.25, 0.3) is 33.4 Å². The molecule has 0 unspecified atom stereocenters. The molecule has 0 bridgehead atoms. The molecule has 2 heterocycles. The Labute approximate surface area is 272 Å². The second-order valence-corrected chi connectivity index (χ2v) is 17.5. The van der Waals surface area contributed by atoms with Crippen LogP contribution in [0.1, 0.15) is 5.69 Å². The van der Waals surface area contributed by atoms with Gasteiger partial charge in [0.1, 0.15) is 0 Å². The fourth-order valence-corrected chi connectivity index (χ4v) is 12.2. The monoisotopic (exact) mass is 643 g/mol. The topological polar surface area (TPSA) is 70.3 Å². The number of benzene rings is 5. The third-order valence-corrected chi connectivity index (χ3v) is 15.7. The molecule has 7 rings (SSSR count). The Morgan fingerprint density at radius 1 is 0.565 bits per heavy atom. The van der Waals surface area contributed by atoms with E-state index in [0.29, 0.717) is 22.9 Å². The third-order valence-electron chi connectivity index (χ3n) is 8.56. The first kappa shape index (κ1) is 29.7. The number of pyridine rings is 1. The summed E-state index contributed by atoms with van der Waals surface area (Å²) in [5, 5.41) is 12.0. The van der Waals surface area contributed by atoms with Gasteiger partial charge in [-0.3, -0.25) is 0 Å². The number of hydrogen-bond donors (Lipinski definition) is 0. The van der Waals surface area contributed by atoms with E-state index in [1.807, 2.05) is 66.7 Å². The number of aromatic nitrogens is 3. The molecular weight excluding hydrogens is 613 g/mol. The van der Waals surface area contributed by atoms with Gasteiger partial charge in [0.15, 0.2) is 0 Å². The second kappa shape index (κ2) is 12.1. The van der Waals surface area contributed by atoms with Crippen molar-refractivity contribution >= 4 is 44.1 Å². The van der Waals surface area contributed by atoms with E-state index in [1.165, 1.54) is 0 Å². The van der Waals surface area contributed by atoms with E-state index in [2.05, 4.69) is 83.1 Å². The molecule has 228 valence electrons. The van der Waals surface area contributed by atoms with Crippen LogP contribution in [0, 0.1) is 0 Å². The van der Waals surface area contributed by atoms with E-state index in [1.54, 1.807) is 14.2 Å². The molecule has 46 heavy (non-hydrogen) atoms. The summed E-state index contributed by atoms with van der Waals surface area (Å²) in [5.74, 6) is -2.30. The first-order valence-electron chi connectivity index (χ1n) is 14.9. The summed E-state index contributed by atoms with van der Waals surface area (Å²) in [6.07, 6.45) is 0.401. The minimum atomic E-state index is -3.80. The van der Waals surface area contributed by atoms with Crippen LogP contribution < -0.4 is 25.4 Å². The molecule has 5 aromatic carbocycles. The summed E-state index contributed by atoms with van der Waals surface area (Å²) < 4.78 is 16.4. The van der Waals surface area contributed by atoms with Gasteiger partial charge in [-0.2, -0.15) is 0 Å². The molecule has 0 aliphatic rings. The third kappa shape index (κ3) is 4.91. The van der Waals surface area contributed by atoms with Crippen LogP contribution in [0.5, 0.6) is 11.5 Å². The van der Waals surface area contributed by atoms with Crippen molar-refractivity contribution < 1.29 is 14.1 Å². The van der Waals surface area contributed by atoms with Gasteiger partial charge in [-0.05, 0) is 0 Å². The quantitative estimate of drug-likeness (QED) is 0.148. The second-order valence-electron chi connectivity index (χ2n) is 11.0. The van der Waals surface area contributed by atoms with Crippen molar-refractivity contribution in [1.82, 2.24) is 15.3 Å². The zero-order valence-corrected chi connectivity index (χ0v) is 27.0. The number of nitrogens with zero attached hydrogens (tertiary/aromatic N) is 3. The van der Waals surface area contributed by atoms with E-state index in [4.69, 9.17) is 30.3 Å². The molecule has 0 N–H and O–H groups in total. The van der Waals surface area contributed by atoms with Crippen molar-refractivity contribution in [3.05, 3.63) is 145 Å². The summed E-state index contributed by atoms with van der Waals surface area (Å²) in [7, 11) is 3.30. The molecule has 0 atom stereocenters. The zero-order valence-electron chi connectivity index (χ0n) is 25.4. The number of rotatable bonds is 9. The maximum atomic E-state index is 8.57. The van der Waals surface area contributed by atoms with Crippen molar-refractivity contribution in [2.24, 2.45) is 0 Å². The molecule has 2 aromatic heterocycles. The Kier molecular flexibility index (Phi) is 7.77. The van der Waals surface area contributed by atoms with Crippen LogP contribution >= 0.6 is 17.2 Å². The normalized spacial score (nSPS) is 12.4. The van der Waals surface area contributed by atoms with Gasteiger partial charge in [0.05, 0.1) is 0 Å². The predicted molar refractivity (Wildman–Crippen MR) is 188 cm³/mol. The van der Waals surface area contributed by atoms with E-state index >= 15 is 0 Å². The van der Waals surface area contributed by atoms with E-state index in [9.17, 15) is 0 Å². The number of hydrogen-bond acceptors (Lipinski definition) is 6. The van der Waals surface area contributed by atoms with Gasteiger partial charge in [-0.25, -0.2) is 0 Å². The molecule has 0 saturated carbocycles. The molecule has 0 aliphatic heterocycles. The van der Waals surface area contributed by atoms with Gasteiger partial charge in [0.25, 0.3) is 0 Å². The molecule has 0 radical (unpaired) electrons. The van der Waals surface area contributed by atoms with Gasteiger partial charge < -0.3 is 0 Å². The van der Waals surface area contributed by atoms with Crippen molar-refractivity contribution in [2.75, 3.05) is 14.2 Å². The van der Waals surface area contributed by atoms with Crippen LogP contribution in [-0.4, -0.2) is 29.5 Å². The van der Waals surface area contributed by atoms with E-state index in [0.717, 1.165) is 49.8 Å². The van der Waals surface area contributed by atoms with Crippen molar-refractivity contribution in [3.63, 3.8) is 0 Å². The Bertz CT molecular complexity index is 2010. The fourth-order valence-electron chi connectivity index (χ4n) is 6.23. The molecule has 8 heteroatoms. The average molecular weight is 644 g/mol. The standard InChI is InChI=1S/C38H31ClN3O3P/c1-43-29-22-18-27(19-23-29)35-34(40-36(38-37(35)41-45-42-38)28-20-24-30(44-2)25-21-28)26-46(39,31-12-6-3-7-13-31,32-14-8-4-9-15-32)33-16-10-5-11-17-33/h3-25H,26H2,1-2H3. The molecule has 0 saturated heterocycles. The molecular formula is C38H31ClN3O3P. The zero-order chi connectivity index (χ0) is 31.6. The fraction of sp³-hybridized carbons (Fsp3) is 0.0789. The molecule has 0 fully saturated rings. The Hall–Kier alpha value is -5.03. The van der Waals surface area contributed by atoms with Crippen molar-refractivity contribution in [3.8, 4) is 33.9 Å². The number of fused-ring (bicyclic) bond motifs is 1. The Balaban J connectivity index is 1.59. The number of methoxy groups -OCH3 is 2. The van der Waals surface area contributed by atoms with Crippen molar-refractivity contribution in [2.45, 2.75) is 6.16 Å². The van der Waals surface area contributed by atoms with E-state index < -0.39 is 5.96 Å². The number of ether oxygens (including phenoxy) is 2. The van der Waals surface area contributed by atoms with Gasteiger partial charge in [-0.15, -0.1) is 0 Å². The first-order chi connectivity index (χ1) is 22.5. The minimum absolute atomic E-state index is 0.401. The van der Waals surface area contributed by atoms with Gasteiger partial charge in [-0.1, -0.05) is 0 Å². The maximum absolute atomic E-state index is 8.57. The first-order valence-corrected chi connectivity index (χ1v) is 18.2. The summed E-state index contributed by atoms with van der Waals surface area (Å²) in [6.45, 7) is 0. The summed E-state index contributed by atoms with van der Waals surface area (Å²) >= 11 is 8.57. The molecule has 6 nitrogen and oxygen atoms in total. The van der Waals surface area contributed by atoms with Crippen LogP contribution in [0.4, 0.5) is 0 Å². The SMILES string of the molecule is COc1ccc(-c2nc(CP(Cl)(c3ccccc3)(c3ccccc3)c3ccccc3)c(-c3ccc(OC)cc3)c3nonc23)cc1. The van der Waals surface area contributed by atoms with Crippen LogP contribution in [0.15, 0.2) is 144 Å².